The number of para-hydroxylation sites is 2. The molecule has 0 aliphatic carbocycles. The smallest absolute Gasteiger partial charge is 0.255 e. The van der Waals surface area contributed by atoms with E-state index in [0.717, 1.165) is 35.2 Å². The molecule has 0 spiro atoms. The summed E-state index contributed by atoms with van der Waals surface area (Å²) in [5, 5.41) is 3.59. The average Bonchev–Trinajstić information content (AvgIpc) is 3.25. The largest absolute Gasteiger partial charge is 0.372 e. The number of benzene rings is 3. The Morgan fingerprint density at radius 1 is 1.03 bits per heavy atom. The number of H-pyrrole nitrogens is 1. The molecule has 6 heteroatoms. The molecule has 0 unspecified atom stereocenters. The Hall–Kier alpha value is -3.31. The summed E-state index contributed by atoms with van der Waals surface area (Å²) in [6.07, 6.45) is 3.75. The van der Waals surface area contributed by atoms with Crippen LogP contribution in [0.2, 0.25) is 5.02 Å². The van der Waals surface area contributed by atoms with Crippen molar-refractivity contribution in [2.45, 2.75) is 26.2 Å². The number of aromatic amines is 1. The molecule has 5 nitrogen and oxygen atoms in total. The number of hydrogen-bond acceptors (Lipinski definition) is 3. The number of rotatable bonds is 4. The number of aromatic nitrogens is 2. The summed E-state index contributed by atoms with van der Waals surface area (Å²) in [7, 11) is 0. The molecule has 1 aliphatic rings. The van der Waals surface area contributed by atoms with Crippen molar-refractivity contribution in [3.05, 3.63) is 76.8 Å². The summed E-state index contributed by atoms with van der Waals surface area (Å²) in [5.41, 5.74) is 6.07. The minimum Gasteiger partial charge on any atom is -0.372 e. The number of anilines is 2. The highest BCUT2D eigenvalue weighted by Gasteiger charge is 2.16. The van der Waals surface area contributed by atoms with Crippen LogP contribution >= 0.6 is 11.6 Å². The fraction of sp³-hybridized carbons (Fsp3) is 0.231. The summed E-state index contributed by atoms with van der Waals surface area (Å²) in [4.78, 5) is 23.3. The van der Waals surface area contributed by atoms with Gasteiger partial charge in [0.05, 0.1) is 16.1 Å². The maximum absolute atomic E-state index is 13.0. The minimum atomic E-state index is -0.134. The lowest BCUT2D eigenvalue weighted by Gasteiger charge is -2.29. The third-order valence-electron chi connectivity index (χ3n) is 6.04. The lowest BCUT2D eigenvalue weighted by Crippen LogP contribution is -2.29. The number of carbonyl (C=O) groups is 1. The monoisotopic (exact) mass is 444 g/mol. The predicted octanol–water partition coefficient (Wildman–Crippen LogP) is 6.43. The number of halogens is 1. The van der Waals surface area contributed by atoms with Gasteiger partial charge in [0.2, 0.25) is 0 Å². The standard InChI is InChI=1S/C26H25ClN4O/c1-17-15-19(31-13-5-2-6-14-31)10-11-20(17)26(32)28-18-9-12-22(27)21(16-18)25-29-23-7-3-4-8-24(23)30-25/h3-4,7-12,15-16H,2,5-6,13-14H2,1H3,(H,28,32)(H,29,30). The van der Waals surface area contributed by atoms with Crippen molar-refractivity contribution in [3.63, 3.8) is 0 Å². The van der Waals surface area contributed by atoms with Gasteiger partial charge in [-0.25, -0.2) is 4.98 Å². The quantitative estimate of drug-likeness (QED) is 0.381. The molecule has 1 aliphatic heterocycles. The van der Waals surface area contributed by atoms with E-state index in [0.29, 0.717) is 22.1 Å². The van der Waals surface area contributed by atoms with Crippen LogP contribution in [0.3, 0.4) is 0 Å². The van der Waals surface area contributed by atoms with Crippen LogP contribution < -0.4 is 10.2 Å². The van der Waals surface area contributed by atoms with Crippen LogP contribution in [0.1, 0.15) is 35.2 Å². The van der Waals surface area contributed by atoms with Gasteiger partial charge in [-0.05, 0) is 80.3 Å². The van der Waals surface area contributed by atoms with Crippen LogP contribution in [0.4, 0.5) is 11.4 Å². The third kappa shape index (κ3) is 4.08. The molecular weight excluding hydrogens is 420 g/mol. The fourth-order valence-corrected chi connectivity index (χ4v) is 4.52. The second kappa shape index (κ2) is 8.67. The van der Waals surface area contributed by atoms with E-state index < -0.39 is 0 Å². The number of piperidine rings is 1. The highest BCUT2D eigenvalue weighted by molar-refractivity contribution is 6.33. The van der Waals surface area contributed by atoms with E-state index in [-0.39, 0.29) is 5.91 Å². The van der Waals surface area contributed by atoms with Gasteiger partial charge in [0.25, 0.3) is 5.91 Å². The van der Waals surface area contributed by atoms with Gasteiger partial charge in [0.15, 0.2) is 0 Å². The van der Waals surface area contributed by atoms with E-state index in [4.69, 9.17) is 11.6 Å². The fourth-order valence-electron chi connectivity index (χ4n) is 4.31. The molecule has 5 rings (SSSR count). The highest BCUT2D eigenvalue weighted by atomic mass is 35.5. The van der Waals surface area contributed by atoms with E-state index in [1.807, 2.05) is 49.4 Å². The van der Waals surface area contributed by atoms with Gasteiger partial charge in [-0.15, -0.1) is 0 Å². The zero-order valence-electron chi connectivity index (χ0n) is 18.0. The lowest BCUT2D eigenvalue weighted by atomic mass is 10.0. The number of nitrogens with one attached hydrogen (secondary N) is 2. The van der Waals surface area contributed by atoms with Gasteiger partial charge < -0.3 is 15.2 Å². The summed E-state index contributed by atoms with van der Waals surface area (Å²) in [6, 6.07) is 19.4. The summed E-state index contributed by atoms with van der Waals surface area (Å²) < 4.78 is 0. The first-order chi connectivity index (χ1) is 15.6. The van der Waals surface area contributed by atoms with E-state index in [1.165, 1.54) is 24.9 Å². The van der Waals surface area contributed by atoms with Crippen LogP contribution in [0.25, 0.3) is 22.4 Å². The van der Waals surface area contributed by atoms with Crippen molar-refractivity contribution in [3.8, 4) is 11.4 Å². The predicted molar refractivity (Wildman–Crippen MR) is 132 cm³/mol. The Balaban J connectivity index is 1.38. The Labute approximate surface area is 192 Å². The zero-order valence-corrected chi connectivity index (χ0v) is 18.7. The number of amides is 1. The maximum atomic E-state index is 13.0. The van der Waals surface area contributed by atoms with E-state index in [9.17, 15) is 4.79 Å². The first kappa shape index (κ1) is 20.6. The molecule has 0 saturated carbocycles. The molecule has 1 fully saturated rings. The molecule has 2 heterocycles. The number of nitrogens with zero attached hydrogens (tertiary/aromatic N) is 2. The summed E-state index contributed by atoms with van der Waals surface area (Å²) in [6.45, 7) is 4.16. The third-order valence-corrected chi connectivity index (χ3v) is 6.37. The van der Waals surface area contributed by atoms with Crippen LogP contribution in [0, 0.1) is 6.92 Å². The number of fused-ring (bicyclic) bond motifs is 1. The van der Waals surface area contributed by atoms with Crippen molar-refractivity contribution >= 4 is 39.9 Å². The molecule has 32 heavy (non-hydrogen) atoms. The molecule has 1 aromatic heterocycles. The molecule has 0 radical (unpaired) electrons. The Bertz CT molecular complexity index is 1260. The molecule has 0 atom stereocenters. The highest BCUT2D eigenvalue weighted by Crippen LogP contribution is 2.31. The average molecular weight is 445 g/mol. The van der Waals surface area contributed by atoms with Crippen molar-refractivity contribution < 1.29 is 4.79 Å². The Morgan fingerprint density at radius 2 is 1.84 bits per heavy atom. The molecule has 3 aromatic carbocycles. The number of hydrogen-bond donors (Lipinski definition) is 2. The lowest BCUT2D eigenvalue weighted by molar-refractivity contribution is 0.102. The van der Waals surface area contributed by atoms with E-state index in [2.05, 4.69) is 32.3 Å². The van der Waals surface area contributed by atoms with E-state index >= 15 is 0 Å². The Morgan fingerprint density at radius 3 is 2.62 bits per heavy atom. The van der Waals surface area contributed by atoms with Gasteiger partial charge in [0.1, 0.15) is 5.82 Å². The summed E-state index contributed by atoms with van der Waals surface area (Å²) in [5.74, 6) is 0.542. The molecule has 162 valence electrons. The van der Waals surface area contributed by atoms with Crippen LogP contribution in [0.15, 0.2) is 60.7 Å². The van der Waals surface area contributed by atoms with Gasteiger partial charge in [-0.3, -0.25) is 4.79 Å². The number of aryl methyl sites for hydroxylation is 1. The SMILES string of the molecule is Cc1cc(N2CCCCC2)ccc1C(=O)Nc1ccc(Cl)c(-c2nc3ccccc3[nH]2)c1. The van der Waals surface area contributed by atoms with Crippen molar-refractivity contribution in [2.75, 3.05) is 23.3 Å². The normalized spacial score (nSPS) is 14.0. The zero-order chi connectivity index (χ0) is 22.1. The van der Waals surface area contributed by atoms with Crippen molar-refractivity contribution in [1.82, 2.24) is 9.97 Å². The summed E-state index contributed by atoms with van der Waals surface area (Å²) >= 11 is 6.45. The number of carbonyl (C=O) groups excluding carboxylic acids is 1. The Kier molecular flexibility index (Phi) is 5.58. The molecular formula is C26H25ClN4O. The number of imidazole rings is 1. The van der Waals surface area contributed by atoms with Crippen molar-refractivity contribution in [2.24, 2.45) is 0 Å². The van der Waals surface area contributed by atoms with Gasteiger partial charge in [0, 0.05) is 35.6 Å². The molecule has 0 bridgehead atoms. The van der Waals surface area contributed by atoms with Crippen LogP contribution in [-0.2, 0) is 0 Å². The minimum absolute atomic E-state index is 0.134. The molecule has 4 aromatic rings. The van der Waals surface area contributed by atoms with Crippen LogP contribution in [0.5, 0.6) is 0 Å². The van der Waals surface area contributed by atoms with Gasteiger partial charge in [-0.1, -0.05) is 23.7 Å². The van der Waals surface area contributed by atoms with E-state index in [1.54, 1.807) is 6.07 Å². The van der Waals surface area contributed by atoms with Crippen LogP contribution in [-0.4, -0.2) is 29.0 Å². The second-order valence-electron chi connectivity index (χ2n) is 8.30. The molecule has 2 N–H and O–H groups in total. The van der Waals surface area contributed by atoms with Gasteiger partial charge in [-0.2, -0.15) is 0 Å². The van der Waals surface area contributed by atoms with Gasteiger partial charge >= 0.3 is 0 Å². The first-order valence-corrected chi connectivity index (χ1v) is 11.4. The topological polar surface area (TPSA) is 61.0 Å². The molecule has 1 saturated heterocycles. The van der Waals surface area contributed by atoms with Crippen molar-refractivity contribution in [1.29, 1.82) is 0 Å². The molecule has 1 amide bonds. The first-order valence-electron chi connectivity index (χ1n) is 11.0. The maximum Gasteiger partial charge on any atom is 0.255 e. The second-order valence-corrected chi connectivity index (χ2v) is 8.71.